The van der Waals surface area contributed by atoms with Gasteiger partial charge in [-0.1, -0.05) is 0 Å². The summed E-state index contributed by atoms with van der Waals surface area (Å²) in [6.45, 7) is 0. The van der Waals surface area contributed by atoms with Crippen LogP contribution < -0.4 is 15.9 Å². The third-order valence-corrected chi connectivity index (χ3v) is 2.22. The second-order valence-electron chi connectivity index (χ2n) is 3.86. The number of carbonyl (C=O) groups is 1. The molecule has 0 bridgehead atoms. The minimum atomic E-state index is -1.30. The first-order valence-corrected chi connectivity index (χ1v) is 5.13. The van der Waals surface area contributed by atoms with Gasteiger partial charge < -0.3 is 10.5 Å². The number of carbonyl (C=O) groups excluding carboxylic acids is 1. The van der Waals surface area contributed by atoms with E-state index in [0.717, 1.165) is 12.1 Å². The molecule has 0 saturated carbocycles. The van der Waals surface area contributed by atoms with E-state index in [1.807, 2.05) is 0 Å². The zero-order valence-electron chi connectivity index (χ0n) is 10.3. The van der Waals surface area contributed by atoms with Crippen LogP contribution in [0.15, 0.2) is 12.1 Å². The zero-order chi connectivity index (χ0) is 13.9. The summed E-state index contributed by atoms with van der Waals surface area (Å²) in [5.41, 5.74) is 7.70. The second kappa shape index (κ2) is 5.74. The van der Waals surface area contributed by atoms with Gasteiger partial charge in [0.05, 0.1) is 7.11 Å². The molecule has 5 nitrogen and oxygen atoms in total. The SMILES string of the molecule is COc1cc(F)c(C(N)C(=O)NN(C)C)cc1F. The molecular formula is C11H15F2N3O2. The summed E-state index contributed by atoms with van der Waals surface area (Å²) < 4.78 is 31.7. The van der Waals surface area contributed by atoms with E-state index in [2.05, 4.69) is 10.2 Å². The number of hydrogen-bond donors (Lipinski definition) is 2. The Hall–Kier alpha value is -1.73. The number of methoxy groups -OCH3 is 1. The smallest absolute Gasteiger partial charge is 0.255 e. The molecule has 0 fully saturated rings. The van der Waals surface area contributed by atoms with E-state index >= 15 is 0 Å². The minimum absolute atomic E-state index is 0.229. The van der Waals surface area contributed by atoms with Crippen LogP contribution in [0.5, 0.6) is 5.75 Å². The van der Waals surface area contributed by atoms with Gasteiger partial charge in [0.15, 0.2) is 11.6 Å². The highest BCUT2D eigenvalue weighted by atomic mass is 19.1. The van der Waals surface area contributed by atoms with Crippen LogP contribution in [-0.4, -0.2) is 32.1 Å². The second-order valence-corrected chi connectivity index (χ2v) is 3.86. The molecule has 0 radical (unpaired) electrons. The molecule has 7 heteroatoms. The fourth-order valence-electron chi connectivity index (χ4n) is 1.37. The Morgan fingerprint density at radius 3 is 2.50 bits per heavy atom. The van der Waals surface area contributed by atoms with Crippen molar-refractivity contribution in [1.29, 1.82) is 0 Å². The molecule has 0 heterocycles. The van der Waals surface area contributed by atoms with E-state index in [0.29, 0.717) is 0 Å². The molecule has 0 aliphatic rings. The lowest BCUT2D eigenvalue weighted by Crippen LogP contribution is -2.42. The van der Waals surface area contributed by atoms with Crippen molar-refractivity contribution < 1.29 is 18.3 Å². The highest BCUT2D eigenvalue weighted by Crippen LogP contribution is 2.24. The average Bonchev–Trinajstić information content (AvgIpc) is 2.29. The summed E-state index contributed by atoms with van der Waals surface area (Å²) in [7, 11) is 4.38. The van der Waals surface area contributed by atoms with Crippen molar-refractivity contribution >= 4 is 5.91 Å². The van der Waals surface area contributed by atoms with Gasteiger partial charge in [0.2, 0.25) is 0 Å². The molecule has 1 unspecified atom stereocenters. The summed E-state index contributed by atoms with van der Waals surface area (Å²) in [5, 5.41) is 1.36. The molecule has 0 saturated heterocycles. The molecule has 0 aliphatic heterocycles. The normalized spacial score (nSPS) is 12.4. The van der Waals surface area contributed by atoms with Gasteiger partial charge in [0.25, 0.3) is 5.91 Å². The Labute approximate surface area is 103 Å². The van der Waals surface area contributed by atoms with E-state index in [1.54, 1.807) is 14.1 Å². The number of benzene rings is 1. The molecule has 0 spiro atoms. The van der Waals surface area contributed by atoms with Gasteiger partial charge in [-0.05, 0) is 6.07 Å². The number of amides is 1. The average molecular weight is 259 g/mol. The highest BCUT2D eigenvalue weighted by molar-refractivity contribution is 5.82. The van der Waals surface area contributed by atoms with Crippen molar-refractivity contribution in [3.8, 4) is 5.75 Å². The molecule has 1 aromatic rings. The van der Waals surface area contributed by atoms with Gasteiger partial charge in [-0.3, -0.25) is 10.2 Å². The predicted molar refractivity (Wildman–Crippen MR) is 61.7 cm³/mol. The lowest BCUT2D eigenvalue weighted by Gasteiger charge is -2.17. The van der Waals surface area contributed by atoms with Crippen molar-refractivity contribution in [1.82, 2.24) is 10.4 Å². The predicted octanol–water partition coefficient (Wildman–Crippen LogP) is 0.566. The topological polar surface area (TPSA) is 67.6 Å². The third-order valence-electron chi connectivity index (χ3n) is 2.22. The Morgan fingerprint density at radius 2 is 2.00 bits per heavy atom. The van der Waals surface area contributed by atoms with Gasteiger partial charge in [-0.2, -0.15) is 0 Å². The first-order valence-electron chi connectivity index (χ1n) is 5.13. The number of nitrogens with zero attached hydrogens (tertiary/aromatic N) is 1. The summed E-state index contributed by atoms with van der Waals surface area (Å²) in [6.07, 6.45) is 0. The Bertz CT molecular complexity index is 452. The molecule has 0 aliphatic carbocycles. The molecule has 1 atom stereocenters. The monoisotopic (exact) mass is 259 g/mol. The molecule has 1 rings (SSSR count). The maximum Gasteiger partial charge on any atom is 0.255 e. The lowest BCUT2D eigenvalue weighted by molar-refractivity contribution is -0.126. The Kier molecular flexibility index (Phi) is 4.57. The number of hydrogen-bond acceptors (Lipinski definition) is 4. The van der Waals surface area contributed by atoms with Crippen molar-refractivity contribution in [3.05, 3.63) is 29.3 Å². The van der Waals surface area contributed by atoms with Crippen LogP contribution in [0, 0.1) is 11.6 Å². The molecule has 1 amide bonds. The number of halogens is 2. The lowest BCUT2D eigenvalue weighted by atomic mass is 10.1. The largest absolute Gasteiger partial charge is 0.494 e. The summed E-state index contributed by atoms with van der Waals surface area (Å²) >= 11 is 0. The number of ether oxygens (including phenoxy) is 1. The van der Waals surface area contributed by atoms with Crippen molar-refractivity contribution in [3.63, 3.8) is 0 Å². The van der Waals surface area contributed by atoms with Crippen LogP contribution in [0.25, 0.3) is 0 Å². The number of rotatable bonds is 4. The third kappa shape index (κ3) is 3.14. The number of hydrazine groups is 1. The van der Waals surface area contributed by atoms with Crippen LogP contribution in [0.4, 0.5) is 8.78 Å². The van der Waals surface area contributed by atoms with Crippen LogP contribution >= 0.6 is 0 Å². The molecule has 18 heavy (non-hydrogen) atoms. The summed E-state index contributed by atoms with van der Waals surface area (Å²) in [6, 6.07) is 0.412. The fourth-order valence-corrected chi connectivity index (χ4v) is 1.37. The standard InChI is InChI=1S/C11H15F2N3O2/c1-16(2)15-11(17)10(14)6-4-8(13)9(18-3)5-7(6)12/h4-5,10H,14H2,1-3H3,(H,15,17). The Balaban J connectivity index is 3.02. The van der Waals surface area contributed by atoms with Crippen molar-refractivity contribution in [2.45, 2.75) is 6.04 Å². The minimum Gasteiger partial charge on any atom is -0.494 e. The zero-order valence-corrected chi connectivity index (χ0v) is 10.3. The first-order chi connectivity index (χ1) is 8.36. The molecule has 0 aromatic heterocycles. The van der Waals surface area contributed by atoms with E-state index in [4.69, 9.17) is 5.73 Å². The van der Waals surface area contributed by atoms with Crippen LogP contribution in [0.3, 0.4) is 0 Å². The first kappa shape index (κ1) is 14.3. The maximum atomic E-state index is 13.6. The molecular weight excluding hydrogens is 244 g/mol. The van der Waals surface area contributed by atoms with Gasteiger partial charge in [0.1, 0.15) is 11.9 Å². The molecule has 1 aromatic carbocycles. The van der Waals surface area contributed by atoms with Crippen molar-refractivity contribution in [2.24, 2.45) is 5.73 Å². The summed E-state index contributed by atoms with van der Waals surface area (Å²) in [4.78, 5) is 11.6. The highest BCUT2D eigenvalue weighted by Gasteiger charge is 2.22. The van der Waals surface area contributed by atoms with Gasteiger partial charge in [0, 0.05) is 25.7 Å². The quantitative estimate of drug-likeness (QED) is 0.776. The number of nitrogens with one attached hydrogen (secondary N) is 1. The van der Waals surface area contributed by atoms with Gasteiger partial charge in [-0.15, -0.1) is 0 Å². The Morgan fingerprint density at radius 1 is 1.39 bits per heavy atom. The van der Waals surface area contributed by atoms with Crippen LogP contribution in [0.1, 0.15) is 11.6 Å². The van der Waals surface area contributed by atoms with Crippen LogP contribution in [0.2, 0.25) is 0 Å². The van der Waals surface area contributed by atoms with E-state index < -0.39 is 23.6 Å². The van der Waals surface area contributed by atoms with E-state index in [1.165, 1.54) is 12.1 Å². The van der Waals surface area contributed by atoms with Crippen molar-refractivity contribution in [2.75, 3.05) is 21.2 Å². The fraction of sp³-hybridized carbons (Fsp3) is 0.364. The summed E-state index contributed by atoms with van der Waals surface area (Å²) in [5.74, 6) is -2.45. The molecule has 100 valence electrons. The van der Waals surface area contributed by atoms with Gasteiger partial charge >= 0.3 is 0 Å². The van der Waals surface area contributed by atoms with Crippen LogP contribution in [-0.2, 0) is 4.79 Å². The molecule has 3 N–H and O–H groups in total. The van der Waals surface area contributed by atoms with E-state index in [9.17, 15) is 13.6 Å². The number of nitrogens with two attached hydrogens (primary N) is 1. The maximum absolute atomic E-state index is 13.6. The van der Waals surface area contributed by atoms with E-state index in [-0.39, 0.29) is 11.3 Å². The van der Waals surface area contributed by atoms with Gasteiger partial charge in [-0.25, -0.2) is 13.8 Å².